The fraction of sp³-hybridized carbons (Fsp3) is 0.375. The number of rotatable bonds is 3. The summed E-state index contributed by atoms with van der Waals surface area (Å²) in [5.74, 6) is 0. The second kappa shape index (κ2) is 5.28. The van der Waals surface area contributed by atoms with Crippen molar-refractivity contribution in [3.05, 3.63) is 56.2 Å². The molecular weight excluding hydrogens is 274 g/mol. The van der Waals surface area contributed by atoms with Crippen molar-refractivity contribution in [2.75, 3.05) is 0 Å². The van der Waals surface area contributed by atoms with Gasteiger partial charge in [-0.25, -0.2) is 0 Å². The molecule has 3 heteroatoms. The molecule has 1 N–H and O–H groups in total. The van der Waals surface area contributed by atoms with E-state index in [1.165, 1.54) is 28.0 Å². The lowest BCUT2D eigenvalue weighted by molar-refractivity contribution is 0.465. The van der Waals surface area contributed by atoms with Crippen molar-refractivity contribution in [3.63, 3.8) is 0 Å². The zero-order valence-corrected chi connectivity index (χ0v) is 12.8. The molecule has 0 radical (unpaired) electrons. The van der Waals surface area contributed by atoms with Gasteiger partial charge in [0.25, 0.3) is 0 Å². The fourth-order valence-corrected chi connectivity index (χ4v) is 4.20. The monoisotopic (exact) mass is 291 g/mol. The number of benzene rings is 1. The van der Waals surface area contributed by atoms with Gasteiger partial charge in [-0.15, -0.1) is 11.3 Å². The highest BCUT2D eigenvalue weighted by atomic mass is 35.5. The fourth-order valence-electron chi connectivity index (χ4n) is 2.84. The lowest BCUT2D eigenvalue weighted by Gasteiger charge is -2.20. The van der Waals surface area contributed by atoms with Crippen LogP contribution in [0, 0.1) is 6.92 Å². The number of halogens is 1. The molecule has 1 nitrogen and oxygen atoms in total. The van der Waals surface area contributed by atoms with Gasteiger partial charge in [0.05, 0.1) is 4.34 Å². The predicted octanol–water partition coefficient (Wildman–Crippen LogP) is 5.05. The summed E-state index contributed by atoms with van der Waals surface area (Å²) in [6, 6.07) is 11.7. The van der Waals surface area contributed by atoms with Crippen LogP contribution in [-0.2, 0) is 6.42 Å². The summed E-state index contributed by atoms with van der Waals surface area (Å²) in [5, 5.41) is 3.74. The van der Waals surface area contributed by atoms with E-state index in [2.05, 4.69) is 49.5 Å². The highest BCUT2D eigenvalue weighted by Gasteiger charge is 2.26. The molecule has 100 valence electrons. The zero-order valence-electron chi connectivity index (χ0n) is 11.2. The van der Waals surface area contributed by atoms with Crippen molar-refractivity contribution in [2.45, 2.75) is 38.8 Å². The van der Waals surface area contributed by atoms with Gasteiger partial charge in [-0.05, 0) is 43.9 Å². The number of aryl methyl sites for hydroxylation is 2. The van der Waals surface area contributed by atoms with E-state index in [0.29, 0.717) is 12.1 Å². The highest BCUT2D eigenvalue weighted by molar-refractivity contribution is 7.16. The van der Waals surface area contributed by atoms with Gasteiger partial charge in [-0.2, -0.15) is 0 Å². The van der Waals surface area contributed by atoms with E-state index in [1.807, 2.05) is 0 Å². The molecule has 0 fully saturated rings. The van der Waals surface area contributed by atoms with E-state index >= 15 is 0 Å². The van der Waals surface area contributed by atoms with Gasteiger partial charge in [-0.3, -0.25) is 0 Å². The van der Waals surface area contributed by atoms with E-state index < -0.39 is 0 Å². The molecule has 0 saturated carbocycles. The SMILES string of the molecule is Cc1cccc([C@@H](C)NC2CCc3sc(Cl)cc32)c1. The molecule has 0 bridgehead atoms. The molecule has 0 spiro atoms. The van der Waals surface area contributed by atoms with Gasteiger partial charge in [0.15, 0.2) is 0 Å². The van der Waals surface area contributed by atoms with Crippen LogP contribution in [0.25, 0.3) is 0 Å². The Balaban J connectivity index is 1.75. The lowest BCUT2D eigenvalue weighted by Crippen LogP contribution is -2.22. The van der Waals surface area contributed by atoms with E-state index in [0.717, 1.165) is 10.8 Å². The molecule has 1 unspecified atom stereocenters. The van der Waals surface area contributed by atoms with Crippen LogP contribution in [0.15, 0.2) is 30.3 Å². The minimum atomic E-state index is 0.370. The van der Waals surface area contributed by atoms with Crippen molar-refractivity contribution in [1.29, 1.82) is 0 Å². The molecule has 1 aliphatic carbocycles. The molecule has 2 aromatic rings. The van der Waals surface area contributed by atoms with Crippen LogP contribution in [0.2, 0.25) is 4.34 Å². The molecular formula is C16H18ClNS. The Morgan fingerprint density at radius 1 is 1.37 bits per heavy atom. The quantitative estimate of drug-likeness (QED) is 0.834. The predicted molar refractivity (Wildman–Crippen MR) is 83.1 cm³/mol. The average Bonchev–Trinajstić information content (AvgIpc) is 2.90. The Morgan fingerprint density at radius 2 is 2.21 bits per heavy atom. The summed E-state index contributed by atoms with van der Waals surface area (Å²) in [7, 11) is 0. The smallest absolute Gasteiger partial charge is 0.0934 e. The Bertz CT molecular complexity index is 590. The van der Waals surface area contributed by atoms with Gasteiger partial charge in [0.1, 0.15) is 0 Å². The molecule has 0 saturated heterocycles. The first-order chi connectivity index (χ1) is 9.13. The van der Waals surface area contributed by atoms with Crippen molar-refractivity contribution in [2.24, 2.45) is 0 Å². The topological polar surface area (TPSA) is 12.0 Å². The van der Waals surface area contributed by atoms with Crippen LogP contribution >= 0.6 is 22.9 Å². The average molecular weight is 292 g/mol. The number of hydrogen-bond donors (Lipinski definition) is 1. The van der Waals surface area contributed by atoms with E-state index in [-0.39, 0.29) is 0 Å². The zero-order chi connectivity index (χ0) is 13.4. The number of hydrogen-bond acceptors (Lipinski definition) is 2. The van der Waals surface area contributed by atoms with E-state index in [1.54, 1.807) is 11.3 Å². The summed E-state index contributed by atoms with van der Waals surface area (Å²) in [5.41, 5.74) is 4.08. The number of nitrogens with one attached hydrogen (secondary N) is 1. The molecule has 1 aromatic carbocycles. The summed E-state index contributed by atoms with van der Waals surface area (Å²) < 4.78 is 0.916. The molecule has 0 amide bonds. The first-order valence-electron chi connectivity index (χ1n) is 6.74. The summed E-state index contributed by atoms with van der Waals surface area (Å²) in [4.78, 5) is 1.46. The second-order valence-electron chi connectivity index (χ2n) is 5.32. The summed E-state index contributed by atoms with van der Waals surface area (Å²) in [6.45, 7) is 4.38. The Hall–Kier alpha value is -0.830. The van der Waals surface area contributed by atoms with Crippen molar-refractivity contribution >= 4 is 22.9 Å². The van der Waals surface area contributed by atoms with Crippen LogP contribution in [0.5, 0.6) is 0 Å². The maximum absolute atomic E-state index is 6.11. The van der Waals surface area contributed by atoms with Gasteiger partial charge >= 0.3 is 0 Å². The number of thiophene rings is 1. The second-order valence-corrected chi connectivity index (χ2v) is 7.09. The van der Waals surface area contributed by atoms with Crippen molar-refractivity contribution in [3.8, 4) is 0 Å². The van der Waals surface area contributed by atoms with Gasteiger partial charge in [-0.1, -0.05) is 41.4 Å². The van der Waals surface area contributed by atoms with Crippen LogP contribution in [0.3, 0.4) is 0 Å². The van der Waals surface area contributed by atoms with Crippen molar-refractivity contribution < 1.29 is 0 Å². The summed E-state index contributed by atoms with van der Waals surface area (Å²) >= 11 is 7.84. The Kier molecular flexibility index (Phi) is 3.66. The first kappa shape index (κ1) is 13.2. The van der Waals surface area contributed by atoms with Gasteiger partial charge in [0.2, 0.25) is 0 Å². The third-order valence-electron chi connectivity index (χ3n) is 3.84. The minimum absolute atomic E-state index is 0.370. The van der Waals surface area contributed by atoms with Gasteiger partial charge < -0.3 is 5.32 Å². The van der Waals surface area contributed by atoms with Crippen LogP contribution in [0.1, 0.15) is 47.0 Å². The van der Waals surface area contributed by atoms with Crippen LogP contribution < -0.4 is 5.32 Å². The lowest BCUT2D eigenvalue weighted by atomic mass is 10.0. The first-order valence-corrected chi connectivity index (χ1v) is 7.93. The Labute approximate surface area is 123 Å². The standard InChI is InChI=1S/C16H18ClNS/c1-10-4-3-5-12(8-10)11(2)18-14-6-7-15-13(14)9-16(17)19-15/h3-5,8-9,11,14,18H,6-7H2,1-2H3/t11-,14?/m1/s1. The Morgan fingerprint density at radius 3 is 3.00 bits per heavy atom. The van der Waals surface area contributed by atoms with E-state index in [9.17, 15) is 0 Å². The maximum Gasteiger partial charge on any atom is 0.0934 e. The number of fused-ring (bicyclic) bond motifs is 1. The molecule has 0 aliphatic heterocycles. The van der Waals surface area contributed by atoms with E-state index in [4.69, 9.17) is 11.6 Å². The normalized spacial score (nSPS) is 19.4. The molecule has 1 aliphatic rings. The molecule has 3 rings (SSSR count). The van der Waals surface area contributed by atoms with Crippen LogP contribution in [0.4, 0.5) is 0 Å². The van der Waals surface area contributed by atoms with Crippen LogP contribution in [-0.4, -0.2) is 0 Å². The molecule has 2 atom stereocenters. The largest absolute Gasteiger partial charge is 0.303 e. The third kappa shape index (κ3) is 2.71. The molecule has 1 aromatic heterocycles. The summed E-state index contributed by atoms with van der Waals surface area (Å²) in [6.07, 6.45) is 2.35. The molecule has 19 heavy (non-hydrogen) atoms. The highest BCUT2D eigenvalue weighted by Crippen LogP contribution is 2.40. The molecule has 1 heterocycles. The maximum atomic E-state index is 6.11. The van der Waals surface area contributed by atoms with Gasteiger partial charge in [0, 0.05) is 17.0 Å². The third-order valence-corrected chi connectivity index (χ3v) is 5.18. The minimum Gasteiger partial charge on any atom is -0.303 e. The van der Waals surface area contributed by atoms with Crippen molar-refractivity contribution in [1.82, 2.24) is 5.32 Å².